The van der Waals surface area contributed by atoms with Gasteiger partial charge in [0.2, 0.25) is 0 Å². The lowest BCUT2D eigenvalue weighted by atomic mass is 9.95. The number of halogens is 1. The number of aromatic amines is 1. The van der Waals surface area contributed by atoms with Crippen molar-refractivity contribution in [3.63, 3.8) is 0 Å². The molecule has 2 heterocycles. The molecule has 1 fully saturated rings. The van der Waals surface area contributed by atoms with Crippen LogP contribution in [0.4, 0.5) is 0 Å². The average molecular weight is 424 g/mol. The summed E-state index contributed by atoms with van der Waals surface area (Å²) in [7, 11) is 0. The Labute approximate surface area is 179 Å². The molecule has 6 heteroatoms. The first-order valence-electron chi connectivity index (χ1n) is 9.98. The van der Waals surface area contributed by atoms with Crippen LogP contribution in [-0.4, -0.2) is 33.3 Å². The number of carbonyl (C=O) groups excluding carboxylic acids is 1. The van der Waals surface area contributed by atoms with Gasteiger partial charge < -0.3 is 4.90 Å². The van der Waals surface area contributed by atoms with E-state index in [1.807, 2.05) is 24.3 Å². The summed E-state index contributed by atoms with van der Waals surface area (Å²) in [5, 5.41) is 8.27. The van der Waals surface area contributed by atoms with Crippen molar-refractivity contribution in [2.24, 2.45) is 0 Å². The summed E-state index contributed by atoms with van der Waals surface area (Å²) in [5.74, 6) is 0.0681. The summed E-state index contributed by atoms with van der Waals surface area (Å²) < 4.78 is 0. The highest BCUT2D eigenvalue weighted by Gasteiger charge is 2.45. The van der Waals surface area contributed by atoms with E-state index in [1.54, 1.807) is 11.8 Å². The topological polar surface area (TPSA) is 49.0 Å². The number of fused-ring (bicyclic) bond motifs is 1. The van der Waals surface area contributed by atoms with Crippen LogP contribution in [0.25, 0.3) is 11.3 Å². The molecule has 1 N–H and O–H groups in total. The fraction of sp³-hybridized carbons (Fsp3) is 0.304. The molecule has 1 aliphatic carbocycles. The highest BCUT2D eigenvalue weighted by atomic mass is 35.5. The molecule has 0 saturated heterocycles. The van der Waals surface area contributed by atoms with Crippen LogP contribution in [0.5, 0.6) is 0 Å². The SMILES string of the molecule is CSc1ccc(C2c3c(-c4ccc(Cl)cc4)n[nH]c3C(=O)N2C2CCCC2)cc1. The van der Waals surface area contributed by atoms with Gasteiger partial charge in [-0.15, -0.1) is 11.8 Å². The molecule has 0 spiro atoms. The van der Waals surface area contributed by atoms with Gasteiger partial charge >= 0.3 is 0 Å². The van der Waals surface area contributed by atoms with Gasteiger partial charge in [0.25, 0.3) is 5.91 Å². The molecular formula is C23H22ClN3OS. The second-order valence-electron chi connectivity index (χ2n) is 7.69. The van der Waals surface area contributed by atoms with Gasteiger partial charge in [0.05, 0.1) is 11.7 Å². The number of hydrogen-bond donors (Lipinski definition) is 1. The molecule has 2 aliphatic rings. The fourth-order valence-corrected chi connectivity index (χ4v) is 5.20. The van der Waals surface area contributed by atoms with Crippen LogP contribution >= 0.6 is 23.4 Å². The lowest BCUT2D eigenvalue weighted by Crippen LogP contribution is -2.37. The number of rotatable bonds is 4. The van der Waals surface area contributed by atoms with E-state index in [0.717, 1.165) is 35.2 Å². The molecule has 4 nitrogen and oxygen atoms in total. The van der Waals surface area contributed by atoms with Gasteiger partial charge in [-0.05, 0) is 48.9 Å². The second-order valence-corrected chi connectivity index (χ2v) is 9.01. The minimum absolute atomic E-state index is 0.0681. The van der Waals surface area contributed by atoms with E-state index in [9.17, 15) is 4.79 Å². The number of aromatic nitrogens is 2. The first kappa shape index (κ1) is 18.8. The maximum Gasteiger partial charge on any atom is 0.273 e. The quantitative estimate of drug-likeness (QED) is 0.528. The van der Waals surface area contributed by atoms with Crippen LogP contribution in [0.2, 0.25) is 5.02 Å². The van der Waals surface area contributed by atoms with Crippen LogP contribution in [0.1, 0.15) is 53.3 Å². The zero-order valence-electron chi connectivity index (χ0n) is 16.2. The molecule has 1 saturated carbocycles. The number of nitrogens with one attached hydrogen (secondary N) is 1. The molecule has 1 atom stereocenters. The molecule has 0 bridgehead atoms. The summed E-state index contributed by atoms with van der Waals surface area (Å²) in [4.78, 5) is 16.7. The third-order valence-electron chi connectivity index (χ3n) is 6.07. The van der Waals surface area contributed by atoms with Crippen molar-refractivity contribution >= 4 is 29.3 Å². The summed E-state index contributed by atoms with van der Waals surface area (Å²) in [5.41, 5.74) is 4.56. The number of nitrogens with zero attached hydrogens (tertiary/aromatic N) is 2. The van der Waals surface area contributed by atoms with Gasteiger partial charge in [-0.1, -0.05) is 48.7 Å². The van der Waals surface area contributed by atoms with E-state index in [2.05, 4.69) is 45.6 Å². The van der Waals surface area contributed by atoms with Crippen molar-refractivity contribution in [3.05, 3.63) is 70.4 Å². The zero-order chi connectivity index (χ0) is 20.0. The number of carbonyl (C=O) groups is 1. The van der Waals surface area contributed by atoms with E-state index in [-0.39, 0.29) is 18.0 Å². The molecular weight excluding hydrogens is 402 g/mol. The normalized spacial score (nSPS) is 19.2. The van der Waals surface area contributed by atoms with Crippen LogP contribution in [0, 0.1) is 0 Å². The van der Waals surface area contributed by atoms with Crippen molar-refractivity contribution in [2.45, 2.75) is 42.7 Å². The minimum atomic E-state index is -0.110. The Kier molecular flexibility index (Phi) is 4.88. The predicted molar refractivity (Wildman–Crippen MR) is 118 cm³/mol. The summed E-state index contributed by atoms with van der Waals surface area (Å²) in [6.45, 7) is 0. The molecule has 29 heavy (non-hydrogen) atoms. The Morgan fingerprint density at radius 1 is 1.07 bits per heavy atom. The lowest BCUT2D eigenvalue weighted by molar-refractivity contribution is 0.0660. The van der Waals surface area contributed by atoms with Gasteiger partial charge in [-0.2, -0.15) is 5.10 Å². The molecule has 148 valence electrons. The van der Waals surface area contributed by atoms with E-state index in [0.29, 0.717) is 10.7 Å². The summed E-state index contributed by atoms with van der Waals surface area (Å²) in [6, 6.07) is 16.4. The highest BCUT2D eigenvalue weighted by Crippen LogP contribution is 2.46. The third-order valence-corrected chi connectivity index (χ3v) is 7.07. The zero-order valence-corrected chi connectivity index (χ0v) is 17.8. The van der Waals surface area contributed by atoms with Crippen molar-refractivity contribution in [3.8, 4) is 11.3 Å². The van der Waals surface area contributed by atoms with Gasteiger partial charge in [-0.3, -0.25) is 9.89 Å². The molecule has 1 aromatic heterocycles. The molecule has 0 radical (unpaired) electrons. The maximum atomic E-state index is 13.4. The van der Waals surface area contributed by atoms with Gasteiger partial charge in [-0.25, -0.2) is 0 Å². The Morgan fingerprint density at radius 2 is 1.76 bits per heavy atom. The Hall–Kier alpha value is -2.24. The number of hydrogen-bond acceptors (Lipinski definition) is 3. The largest absolute Gasteiger partial charge is 0.323 e. The molecule has 3 aromatic rings. The number of amides is 1. The van der Waals surface area contributed by atoms with Crippen LogP contribution < -0.4 is 0 Å². The Balaban J connectivity index is 1.65. The van der Waals surface area contributed by atoms with Crippen LogP contribution in [0.3, 0.4) is 0 Å². The van der Waals surface area contributed by atoms with E-state index in [1.165, 1.54) is 17.7 Å². The molecule has 2 aromatic carbocycles. The lowest BCUT2D eigenvalue weighted by Gasteiger charge is -2.32. The van der Waals surface area contributed by atoms with Crippen molar-refractivity contribution in [1.29, 1.82) is 0 Å². The van der Waals surface area contributed by atoms with Crippen molar-refractivity contribution < 1.29 is 4.79 Å². The average Bonchev–Trinajstić information content (AvgIpc) is 3.47. The summed E-state index contributed by atoms with van der Waals surface area (Å²) in [6.07, 6.45) is 6.58. The smallest absolute Gasteiger partial charge is 0.273 e. The standard InChI is InChI=1S/C23H22ClN3OS/c1-29-18-12-8-15(9-13-18)22-19-20(14-6-10-16(24)11-7-14)25-26-21(19)23(28)27(22)17-4-2-3-5-17/h6-13,17,22H,2-5H2,1H3,(H,25,26). The first-order valence-corrected chi connectivity index (χ1v) is 11.6. The Bertz CT molecular complexity index is 1040. The highest BCUT2D eigenvalue weighted by molar-refractivity contribution is 7.98. The maximum absolute atomic E-state index is 13.4. The number of H-pyrrole nitrogens is 1. The second kappa shape index (κ2) is 7.54. The van der Waals surface area contributed by atoms with Gasteiger partial charge in [0, 0.05) is 27.1 Å². The van der Waals surface area contributed by atoms with E-state index in [4.69, 9.17) is 11.6 Å². The van der Waals surface area contributed by atoms with Crippen molar-refractivity contribution in [1.82, 2.24) is 15.1 Å². The van der Waals surface area contributed by atoms with Crippen LogP contribution in [0.15, 0.2) is 53.4 Å². The number of benzene rings is 2. The first-order chi connectivity index (χ1) is 14.2. The molecule has 1 aliphatic heterocycles. The predicted octanol–water partition coefficient (Wildman–Crippen LogP) is 5.94. The van der Waals surface area contributed by atoms with Crippen LogP contribution in [-0.2, 0) is 0 Å². The van der Waals surface area contributed by atoms with Crippen molar-refractivity contribution in [2.75, 3.05) is 6.26 Å². The van der Waals surface area contributed by atoms with Gasteiger partial charge in [0.1, 0.15) is 5.69 Å². The third kappa shape index (κ3) is 3.17. The van der Waals surface area contributed by atoms with E-state index < -0.39 is 0 Å². The molecule has 1 unspecified atom stereocenters. The fourth-order valence-electron chi connectivity index (χ4n) is 4.67. The minimum Gasteiger partial charge on any atom is -0.323 e. The summed E-state index contributed by atoms with van der Waals surface area (Å²) >= 11 is 7.81. The van der Waals surface area contributed by atoms with Gasteiger partial charge in [0.15, 0.2) is 0 Å². The van der Waals surface area contributed by atoms with E-state index >= 15 is 0 Å². The number of thioether (sulfide) groups is 1. The molecule has 5 rings (SSSR count). The monoisotopic (exact) mass is 423 g/mol. The Morgan fingerprint density at radius 3 is 2.41 bits per heavy atom. The molecule has 1 amide bonds.